The Kier molecular flexibility index (Phi) is 5.73. The lowest BCUT2D eigenvalue weighted by atomic mass is 10.2. The second-order valence-corrected chi connectivity index (χ2v) is 4.80. The summed E-state index contributed by atoms with van der Waals surface area (Å²) in [6.45, 7) is 1.51. The van der Waals surface area contributed by atoms with Gasteiger partial charge in [-0.3, -0.25) is 9.59 Å². The van der Waals surface area contributed by atoms with Gasteiger partial charge in [0.1, 0.15) is 12.3 Å². The summed E-state index contributed by atoms with van der Waals surface area (Å²) in [6, 6.07) is 9.20. The van der Waals surface area contributed by atoms with Gasteiger partial charge < -0.3 is 19.5 Å². The Hall–Kier alpha value is -3.09. The number of benzene rings is 1. The number of nitrogens with one attached hydrogen (secondary N) is 1. The van der Waals surface area contributed by atoms with Crippen LogP contribution in [-0.4, -0.2) is 37.6 Å². The number of hydrogen-bond acceptors (Lipinski definition) is 6. The third-order valence-electron chi connectivity index (χ3n) is 3.25. The fourth-order valence-electron chi connectivity index (χ4n) is 2.01. The first-order valence-electron chi connectivity index (χ1n) is 7.18. The third kappa shape index (κ3) is 4.01. The molecular formula is C17H18N2O5. The number of carbonyl (C=O) groups excluding carboxylic acids is 2. The van der Waals surface area contributed by atoms with Crippen molar-refractivity contribution in [2.45, 2.75) is 6.92 Å². The molecule has 24 heavy (non-hydrogen) atoms. The number of esters is 1. The standard InChI is InChI=1S/C17H18N2O5/c1-11-13(24-12-7-5-4-6-8-12)9-18-15(16(11)23-3)17(21)19-10-14(20)22-2/h4-9H,10H2,1-3H3,(H,19,21). The van der Waals surface area contributed by atoms with Gasteiger partial charge in [-0.2, -0.15) is 0 Å². The highest BCUT2D eigenvalue weighted by Crippen LogP contribution is 2.32. The van der Waals surface area contributed by atoms with Crippen LogP contribution in [0.25, 0.3) is 0 Å². The van der Waals surface area contributed by atoms with Crippen molar-refractivity contribution in [3.05, 3.63) is 47.8 Å². The first kappa shape index (κ1) is 17.3. The second-order valence-electron chi connectivity index (χ2n) is 4.80. The predicted octanol–water partition coefficient (Wildman–Crippen LogP) is 2.09. The molecule has 0 aliphatic rings. The van der Waals surface area contributed by atoms with Crippen LogP contribution < -0.4 is 14.8 Å². The van der Waals surface area contributed by atoms with Gasteiger partial charge in [0, 0.05) is 5.56 Å². The first-order chi connectivity index (χ1) is 11.6. The molecule has 1 amide bonds. The molecule has 1 N–H and O–H groups in total. The molecule has 7 heteroatoms. The zero-order valence-corrected chi connectivity index (χ0v) is 13.7. The average molecular weight is 330 g/mol. The number of ether oxygens (including phenoxy) is 3. The van der Waals surface area contributed by atoms with E-state index in [4.69, 9.17) is 9.47 Å². The molecule has 1 heterocycles. The van der Waals surface area contributed by atoms with Gasteiger partial charge in [-0.25, -0.2) is 4.98 Å². The van der Waals surface area contributed by atoms with Crippen molar-refractivity contribution >= 4 is 11.9 Å². The second kappa shape index (κ2) is 7.96. The summed E-state index contributed by atoms with van der Waals surface area (Å²) < 4.78 is 15.5. The van der Waals surface area contributed by atoms with Crippen LogP contribution in [0.3, 0.4) is 0 Å². The minimum absolute atomic E-state index is 0.0688. The van der Waals surface area contributed by atoms with Gasteiger partial charge in [-0.05, 0) is 19.1 Å². The summed E-state index contributed by atoms with van der Waals surface area (Å²) in [7, 11) is 2.68. The minimum atomic E-state index is -0.553. The molecule has 1 aromatic heterocycles. The van der Waals surface area contributed by atoms with Crippen LogP contribution in [0.1, 0.15) is 16.1 Å². The highest BCUT2D eigenvalue weighted by molar-refractivity contribution is 5.97. The Bertz CT molecular complexity index is 731. The highest BCUT2D eigenvalue weighted by atomic mass is 16.5. The molecule has 7 nitrogen and oxygen atoms in total. The third-order valence-corrected chi connectivity index (χ3v) is 3.25. The van der Waals surface area contributed by atoms with Crippen molar-refractivity contribution < 1.29 is 23.8 Å². The molecule has 0 aliphatic carbocycles. The van der Waals surface area contributed by atoms with Gasteiger partial charge in [0.25, 0.3) is 5.91 Å². The normalized spacial score (nSPS) is 9.96. The van der Waals surface area contributed by atoms with Crippen molar-refractivity contribution in [3.8, 4) is 17.2 Å². The maximum absolute atomic E-state index is 12.2. The number of nitrogens with zero attached hydrogens (tertiary/aromatic N) is 1. The number of rotatable bonds is 6. The Labute approximate surface area is 139 Å². The first-order valence-corrected chi connectivity index (χ1v) is 7.18. The van der Waals surface area contributed by atoms with E-state index in [0.717, 1.165) is 0 Å². The molecular weight excluding hydrogens is 312 g/mol. The Morgan fingerprint density at radius 2 is 1.88 bits per heavy atom. The molecule has 0 atom stereocenters. The summed E-state index contributed by atoms with van der Waals surface area (Å²) in [5, 5.41) is 2.42. The lowest BCUT2D eigenvalue weighted by Crippen LogP contribution is -2.31. The molecule has 0 fully saturated rings. The Morgan fingerprint density at radius 1 is 1.17 bits per heavy atom. The van der Waals surface area contributed by atoms with Crippen molar-refractivity contribution in [2.24, 2.45) is 0 Å². The molecule has 2 aromatic rings. The number of carbonyl (C=O) groups is 2. The number of aromatic nitrogens is 1. The largest absolute Gasteiger partial charge is 0.494 e. The van der Waals surface area contributed by atoms with Crippen LogP contribution >= 0.6 is 0 Å². The van der Waals surface area contributed by atoms with E-state index in [-0.39, 0.29) is 18.0 Å². The molecule has 0 aliphatic heterocycles. The minimum Gasteiger partial charge on any atom is -0.494 e. The number of pyridine rings is 1. The van der Waals surface area contributed by atoms with Crippen LogP contribution in [-0.2, 0) is 9.53 Å². The summed E-state index contributed by atoms with van der Waals surface area (Å²) in [5.74, 6) is 0.315. The topological polar surface area (TPSA) is 86.8 Å². The quantitative estimate of drug-likeness (QED) is 0.816. The summed E-state index contributed by atoms with van der Waals surface area (Å²) in [4.78, 5) is 27.4. The summed E-state index contributed by atoms with van der Waals surface area (Å²) in [6.07, 6.45) is 1.44. The molecule has 0 radical (unpaired) electrons. The van der Waals surface area contributed by atoms with Crippen LogP contribution in [0.15, 0.2) is 36.5 Å². The zero-order valence-electron chi connectivity index (χ0n) is 13.7. The van der Waals surface area contributed by atoms with Gasteiger partial charge in [0.15, 0.2) is 17.2 Å². The van der Waals surface area contributed by atoms with E-state index in [1.807, 2.05) is 30.3 Å². The lowest BCUT2D eigenvalue weighted by Gasteiger charge is -2.14. The van der Waals surface area contributed by atoms with Crippen molar-refractivity contribution in [1.82, 2.24) is 10.3 Å². The van der Waals surface area contributed by atoms with E-state index >= 15 is 0 Å². The molecule has 0 bridgehead atoms. The number of hydrogen-bond donors (Lipinski definition) is 1. The number of amides is 1. The van der Waals surface area contributed by atoms with E-state index in [1.54, 1.807) is 6.92 Å². The van der Waals surface area contributed by atoms with E-state index in [9.17, 15) is 9.59 Å². The van der Waals surface area contributed by atoms with Gasteiger partial charge >= 0.3 is 5.97 Å². The molecule has 2 rings (SSSR count). The molecule has 0 saturated heterocycles. The van der Waals surface area contributed by atoms with Crippen molar-refractivity contribution in [1.29, 1.82) is 0 Å². The maximum atomic E-state index is 12.2. The molecule has 0 spiro atoms. The average Bonchev–Trinajstić information content (AvgIpc) is 2.61. The molecule has 126 valence electrons. The highest BCUT2D eigenvalue weighted by Gasteiger charge is 2.20. The fraction of sp³-hybridized carbons (Fsp3) is 0.235. The monoisotopic (exact) mass is 330 g/mol. The number of methoxy groups -OCH3 is 2. The Morgan fingerprint density at radius 3 is 2.50 bits per heavy atom. The van der Waals surface area contributed by atoms with E-state index < -0.39 is 11.9 Å². The predicted molar refractivity (Wildman–Crippen MR) is 86.4 cm³/mol. The van der Waals surface area contributed by atoms with E-state index in [2.05, 4.69) is 15.0 Å². The van der Waals surface area contributed by atoms with Crippen LogP contribution in [0.4, 0.5) is 0 Å². The lowest BCUT2D eigenvalue weighted by molar-refractivity contribution is -0.139. The van der Waals surface area contributed by atoms with Crippen molar-refractivity contribution in [2.75, 3.05) is 20.8 Å². The SMILES string of the molecule is COC(=O)CNC(=O)c1ncc(Oc2ccccc2)c(C)c1OC. The van der Waals surface area contributed by atoms with Gasteiger partial charge in [-0.1, -0.05) is 18.2 Å². The van der Waals surface area contributed by atoms with E-state index in [1.165, 1.54) is 20.4 Å². The van der Waals surface area contributed by atoms with Crippen molar-refractivity contribution in [3.63, 3.8) is 0 Å². The maximum Gasteiger partial charge on any atom is 0.325 e. The fourth-order valence-corrected chi connectivity index (χ4v) is 2.01. The van der Waals surface area contributed by atoms with Crippen LogP contribution in [0, 0.1) is 6.92 Å². The van der Waals surface area contributed by atoms with Gasteiger partial charge in [-0.15, -0.1) is 0 Å². The number of para-hydroxylation sites is 1. The zero-order chi connectivity index (χ0) is 17.5. The summed E-state index contributed by atoms with van der Waals surface area (Å²) in [5.41, 5.74) is 0.693. The van der Waals surface area contributed by atoms with Gasteiger partial charge in [0.2, 0.25) is 0 Å². The van der Waals surface area contributed by atoms with Crippen LogP contribution in [0.2, 0.25) is 0 Å². The van der Waals surface area contributed by atoms with Gasteiger partial charge in [0.05, 0.1) is 20.4 Å². The molecule has 0 saturated carbocycles. The molecule has 1 aromatic carbocycles. The van der Waals surface area contributed by atoms with E-state index in [0.29, 0.717) is 17.1 Å². The smallest absolute Gasteiger partial charge is 0.325 e. The molecule has 0 unspecified atom stereocenters. The van der Waals surface area contributed by atoms with Crippen LogP contribution in [0.5, 0.6) is 17.2 Å². The Balaban J connectivity index is 2.24. The summed E-state index contributed by atoms with van der Waals surface area (Å²) >= 11 is 0.